The molecule has 0 atom stereocenters. The second kappa shape index (κ2) is 3.63. The first-order chi connectivity index (χ1) is 6.13. The lowest BCUT2D eigenvalue weighted by Gasteiger charge is -1.98. The Labute approximate surface area is 72.8 Å². The molecular formula is C5H8FN7. The summed E-state index contributed by atoms with van der Waals surface area (Å²) < 4.78 is 12.7. The molecule has 7 N–H and O–H groups in total. The summed E-state index contributed by atoms with van der Waals surface area (Å²) in [6.45, 7) is 0. The number of halogens is 1. The summed E-state index contributed by atoms with van der Waals surface area (Å²) >= 11 is 0. The molecule has 0 radical (unpaired) electrons. The fourth-order valence-corrected chi connectivity index (χ4v) is 0.577. The fourth-order valence-electron chi connectivity index (χ4n) is 0.577. The maximum absolute atomic E-state index is 12.7. The molecule has 0 aliphatic heterocycles. The third kappa shape index (κ3) is 2.24. The van der Waals surface area contributed by atoms with Crippen molar-refractivity contribution in [2.24, 2.45) is 16.6 Å². The fraction of sp³-hybridized carbons (Fsp3) is 0. The van der Waals surface area contributed by atoms with Crippen LogP contribution in [0.1, 0.15) is 0 Å². The molecule has 0 saturated heterocycles. The van der Waals surface area contributed by atoms with E-state index < -0.39 is 5.95 Å². The minimum atomic E-state index is -0.897. The summed E-state index contributed by atoms with van der Waals surface area (Å²) in [7, 11) is 0. The van der Waals surface area contributed by atoms with Crippen LogP contribution < -0.4 is 22.7 Å². The van der Waals surface area contributed by atoms with E-state index in [0.717, 1.165) is 0 Å². The molecule has 1 heterocycles. The van der Waals surface area contributed by atoms with Crippen LogP contribution in [0.2, 0.25) is 0 Å². The van der Waals surface area contributed by atoms with E-state index in [4.69, 9.17) is 17.3 Å². The number of rotatable bonds is 1. The highest BCUT2D eigenvalue weighted by Gasteiger charge is 2.02. The van der Waals surface area contributed by atoms with Crippen LogP contribution in [0.25, 0.3) is 0 Å². The Morgan fingerprint density at radius 1 is 1.62 bits per heavy atom. The predicted molar refractivity (Wildman–Crippen MR) is 45.0 cm³/mol. The molecule has 0 aliphatic rings. The number of nitrogen functional groups attached to an aromatic ring is 1. The number of nitrogens with one attached hydrogen (secondary N) is 1. The van der Waals surface area contributed by atoms with Crippen LogP contribution in [0.3, 0.4) is 0 Å². The molecule has 0 fully saturated rings. The molecule has 1 rings (SSSR count). The Balaban J connectivity index is 2.98. The number of hydrazine groups is 1. The summed E-state index contributed by atoms with van der Waals surface area (Å²) in [6, 6.07) is 0. The predicted octanol–water partition coefficient (Wildman–Crippen LogP) is -1.39. The number of guanidine groups is 1. The van der Waals surface area contributed by atoms with Gasteiger partial charge in [-0.25, -0.2) is 10.8 Å². The average Bonchev–Trinajstić information content (AvgIpc) is 2.11. The van der Waals surface area contributed by atoms with Gasteiger partial charge in [-0.1, -0.05) is 0 Å². The smallest absolute Gasteiger partial charge is 0.257 e. The van der Waals surface area contributed by atoms with Crippen LogP contribution in [0, 0.1) is 5.95 Å². The zero-order valence-electron chi connectivity index (χ0n) is 6.53. The zero-order valence-corrected chi connectivity index (χ0v) is 6.53. The van der Waals surface area contributed by atoms with Gasteiger partial charge in [0.05, 0.1) is 6.20 Å². The zero-order chi connectivity index (χ0) is 9.84. The second-order valence-corrected chi connectivity index (χ2v) is 2.05. The van der Waals surface area contributed by atoms with Crippen LogP contribution >= 0.6 is 0 Å². The molecule has 0 unspecified atom stereocenters. The van der Waals surface area contributed by atoms with E-state index in [-0.39, 0.29) is 17.6 Å². The van der Waals surface area contributed by atoms with E-state index in [2.05, 4.69) is 20.4 Å². The van der Waals surface area contributed by atoms with E-state index in [1.165, 1.54) is 6.20 Å². The number of aliphatic imine (C=N–C) groups is 1. The lowest BCUT2D eigenvalue weighted by Crippen LogP contribution is -2.36. The lowest BCUT2D eigenvalue weighted by molar-refractivity contribution is 0.584. The van der Waals surface area contributed by atoms with Gasteiger partial charge in [0, 0.05) is 0 Å². The van der Waals surface area contributed by atoms with Crippen molar-refractivity contribution < 1.29 is 4.39 Å². The molecule has 7 nitrogen and oxygen atoms in total. The SMILES string of the molecule is NN/C(N)=N\c1cnc(N)c(F)n1. The highest BCUT2D eigenvalue weighted by molar-refractivity contribution is 5.79. The number of anilines is 1. The van der Waals surface area contributed by atoms with Gasteiger partial charge in [-0.05, 0) is 0 Å². The first-order valence-electron chi connectivity index (χ1n) is 3.22. The summed E-state index contributed by atoms with van der Waals surface area (Å²) in [5, 5.41) is 0. The number of nitrogens with two attached hydrogens (primary N) is 3. The van der Waals surface area contributed by atoms with E-state index >= 15 is 0 Å². The highest BCUT2D eigenvalue weighted by atomic mass is 19.1. The van der Waals surface area contributed by atoms with Crippen LogP contribution in [0.4, 0.5) is 16.0 Å². The molecule has 0 amide bonds. The molecular weight excluding hydrogens is 177 g/mol. The van der Waals surface area contributed by atoms with Gasteiger partial charge in [-0.2, -0.15) is 14.4 Å². The van der Waals surface area contributed by atoms with E-state index in [1.54, 1.807) is 0 Å². The molecule has 0 spiro atoms. The van der Waals surface area contributed by atoms with Gasteiger partial charge in [-0.15, -0.1) is 0 Å². The Morgan fingerprint density at radius 3 is 2.85 bits per heavy atom. The molecule has 8 heteroatoms. The van der Waals surface area contributed by atoms with Gasteiger partial charge < -0.3 is 11.5 Å². The summed E-state index contributed by atoms with van der Waals surface area (Å²) in [4.78, 5) is 10.4. The van der Waals surface area contributed by atoms with Gasteiger partial charge >= 0.3 is 0 Å². The van der Waals surface area contributed by atoms with Crippen molar-refractivity contribution in [1.82, 2.24) is 15.4 Å². The van der Waals surface area contributed by atoms with Crippen LogP contribution in [0.5, 0.6) is 0 Å². The summed E-state index contributed by atoms with van der Waals surface area (Å²) in [6.07, 6.45) is 1.17. The maximum Gasteiger partial charge on any atom is 0.257 e. The van der Waals surface area contributed by atoms with Gasteiger partial charge in [0.2, 0.25) is 5.96 Å². The minimum Gasteiger partial charge on any atom is -0.380 e. The Morgan fingerprint density at radius 2 is 2.31 bits per heavy atom. The monoisotopic (exact) mass is 185 g/mol. The molecule has 0 aromatic carbocycles. The number of nitrogens with zero attached hydrogens (tertiary/aromatic N) is 3. The highest BCUT2D eigenvalue weighted by Crippen LogP contribution is 2.09. The minimum absolute atomic E-state index is 0.0119. The number of aromatic nitrogens is 2. The number of hydrogen-bond acceptors (Lipinski definition) is 5. The van der Waals surface area contributed by atoms with Gasteiger partial charge in [0.1, 0.15) is 0 Å². The quantitative estimate of drug-likeness (QED) is 0.184. The molecule has 13 heavy (non-hydrogen) atoms. The maximum atomic E-state index is 12.7. The van der Waals surface area contributed by atoms with E-state index in [1.807, 2.05) is 0 Å². The summed E-state index contributed by atoms with van der Waals surface area (Å²) in [5.74, 6) is 3.61. The Kier molecular flexibility index (Phi) is 2.55. The van der Waals surface area contributed by atoms with Gasteiger partial charge in [0.25, 0.3) is 5.95 Å². The van der Waals surface area contributed by atoms with Crippen molar-refractivity contribution in [1.29, 1.82) is 0 Å². The summed E-state index contributed by atoms with van der Waals surface area (Å²) in [5.41, 5.74) is 12.3. The molecule has 70 valence electrons. The lowest BCUT2D eigenvalue weighted by atomic mass is 10.6. The Hall–Kier alpha value is -1.96. The van der Waals surface area contributed by atoms with Crippen molar-refractivity contribution >= 4 is 17.6 Å². The van der Waals surface area contributed by atoms with Crippen molar-refractivity contribution in [3.8, 4) is 0 Å². The molecule has 0 aliphatic carbocycles. The van der Waals surface area contributed by atoms with Crippen molar-refractivity contribution in [3.63, 3.8) is 0 Å². The average molecular weight is 185 g/mol. The van der Waals surface area contributed by atoms with Crippen molar-refractivity contribution in [2.75, 3.05) is 5.73 Å². The number of hydrogen-bond donors (Lipinski definition) is 4. The standard InChI is InChI=1S/C5H8FN7/c6-3-4(7)10-1-2(11-3)12-5(8)13-9/h1H,9H2,(H2,7,10)(H3,8,11,12,13). The second-order valence-electron chi connectivity index (χ2n) is 2.05. The first-order valence-corrected chi connectivity index (χ1v) is 3.22. The Bertz CT molecular complexity index is 336. The topological polar surface area (TPSA) is 128 Å². The van der Waals surface area contributed by atoms with E-state index in [0.29, 0.717) is 0 Å². The van der Waals surface area contributed by atoms with E-state index in [9.17, 15) is 4.39 Å². The van der Waals surface area contributed by atoms with Gasteiger partial charge in [0.15, 0.2) is 11.6 Å². The third-order valence-corrected chi connectivity index (χ3v) is 1.13. The molecule has 0 saturated carbocycles. The van der Waals surface area contributed by atoms with Crippen LogP contribution in [-0.2, 0) is 0 Å². The van der Waals surface area contributed by atoms with Crippen molar-refractivity contribution in [3.05, 3.63) is 12.1 Å². The molecule has 0 bridgehead atoms. The van der Waals surface area contributed by atoms with Crippen LogP contribution in [0.15, 0.2) is 11.2 Å². The molecule has 1 aromatic rings. The molecule has 1 aromatic heterocycles. The third-order valence-electron chi connectivity index (χ3n) is 1.13. The normalized spacial score (nSPS) is 11.4. The van der Waals surface area contributed by atoms with Gasteiger partial charge in [-0.3, -0.25) is 5.43 Å². The largest absolute Gasteiger partial charge is 0.380 e. The van der Waals surface area contributed by atoms with Crippen LogP contribution in [-0.4, -0.2) is 15.9 Å². The first kappa shape index (κ1) is 9.13. The van der Waals surface area contributed by atoms with Crippen molar-refractivity contribution in [2.45, 2.75) is 0 Å².